The lowest BCUT2D eigenvalue weighted by molar-refractivity contribution is -0.186. The molecule has 0 N–H and O–H groups in total. The van der Waals surface area contributed by atoms with E-state index in [0.29, 0.717) is 28.1 Å². The lowest BCUT2D eigenvalue weighted by Gasteiger charge is -2.24. The highest BCUT2D eigenvalue weighted by Gasteiger charge is 2.42. The van der Waals surface area contributed by atoms with Crippen molar-refractivity contribution < 1.29 is 27.4 Å². The normalized spacial score (nSPS) is 13.1. The van der Waals surface area contributed by atoms with E-state index in [1.165, 1.54) is 4.52 Å². The van der Waals surface area contributed by atoms with Crippen molar-refractivity contribution in [3.05, 3.63) is 59.2 Å². The van der Waals surface area contributed by atoms with Crippen LogP contribution in [-0.4, -0.2) is 43.8 Å². The van der Waals surface area contributed by atoms with E-state index in [9.17, 15) is 18.0 Å². The van der Waals surface area contributed by atoms with Crippen LogP contribution in [0.5, 0.6) is 11.5 Å². The first-order chi connectivity index (χ1) is 15.3. The van der Waals surface area contributed by atoms with Crippen LogP contribution < -0.4 is 9.47 Å². The molecule has 5 rings (SSSR count). The first-order valence-corrected chi connectivity index (χ1v) is 9.64. The Kier molecular flexibility index (Phi) is 4.61. The summed E-state index contributed by atoms with van der Waals surface area (Å²) in [4.78, 5) is 13.0. The molecule has 0 saturated carbocycles. The molecule has 0 spiro atoms. The maximum atomic E-state index is 13.4. The van der Waals surface area contributed by atoms with Crippen LogP contribution in [0.2, 0.25) is 0 Å². The molecule has 0 fully saturated rings. The quantitative estimate of drug-likeness (QED) is 0.481. The van der Waals surface area contributed by atoms with Crippen LogP contribution in [0.1, 0.15) is 16.7 Å². The molecule has 0 atom stereocenters. The second-order valence-electron chi connectivity index (χ2n) is 7.49. The van der Waals surface area contributed by atoms with Crippen LogP contribution in [-0.2, 0) is 17.9 Å². The predicted molar refractivity (Wildman–Crippen MR) is 106 cm³/mol. The number of aryl methyl sites for hydroxylation is 1. The maximum absolute atomic E-state index is 13.4. The number of ether oxygens (including phenoxy) is 2. The topological polar surface area (TPSA) is 81.9 Å². The number of nitrogens with zero attached hydrogens (tertiary/aromatic N) is 5. The van der Waals surface area contributed by atoms with Gasteiger partial charge in [0.05, 0.1) is 12.1 Å². The van der Waals surface area contributed by atoms with Crippen molar-refractivity contribution in [1.82, 2.24) is 24.9 Å². The molecule has 11 heteroatoms. The van der Waals surface area contributed by atoms with E-state index < -0.39 is 12.1 Å². The third kappa shape index (κ3) is 3.55. The van der Waals surface area contributed by atoms with Gasteiger partial charge in [0, 0.05) is 17.5 Å². The fourth-order valence-corrected chi connectivity index (χ4v) is 3.74. The molecule has 164 valence electrons. The number of hydrogen-bond acceptors (Lipinski definition) is 6. The Morgan fingerprint density at radius 3 is 2.72 bits per heavy atom. The first kappa shape index (κ1) is 20.0. The van der Waals surface area contributed by atoms with E-state index in [4.69, 9.17) is 9.47 Å². The van der Waals surface area contributed by atoms with Crippen molar-refractivity contribution in [2.75, 3.05) is 6.79 Å². The zero-order valence-corrected chi connectivity index (χ0v) is 16.8. The summed E-state index contributed by atoms with van der Waals surface area (Å²) in [5.41, 5.74) is 2.83. The van der Waals surface area contributed by atoms with Crippen LogP contribution in [0.25, 0.3) is 16.6 Å². The van der Waals surface area contributed by atoms with Gasteiger partial charge in [0.15, 0.2) is 17.1 Å². The van der Waals surface area contributed by atoms with Crippen molar-refractivity contribution in [2.45, 2.75) is 26.2 Å². The van der Waals surface area contributed by atoms with E-state index in [1.807, 2.05) is 25.1 Å². The van der Waals surface area contributed by atoms with Crippen LogP contribution in [0.3, 0.4) is 0 Å². The number of rotatable bonds is 4. The van der Waals surface area contributed by atoms with Gasteiger partial charge in [-0.1, -0.05) is 17.7 Å². The minimum Gasteiger partial charge on any atom is -0.454 e. The molecule has 1 aliphatic rings. The van der Waals surface area contributed by atoms with Crippen molar-refractivity contribution in [2.24, 2.45) is 0 Å². The molecule has 0 saturated heterocycles. The van der Waals surface area contributed by atoms with Crippen molar-refractivity contribution in [1.29, 1.82) is 0 Å². The molecule has 0 radical (unpaired) electrons. The lowest BCUT2D eigenvalue weighted by atomic mass is 10.1. The van der Waals surface area contributed by atoms with Crippen LogP contribution >= 0.6 is 0 Å². The molecule has 0 unspecified atom stereocenters. The summed E-state index contributed by atoms with van der Waals surface area (Å²) >= 11 is 0. The Hall–Kier alpha value is -3.89. The SMILES string of the molecule is Cc1ccc2c(c1)cc(CN(Cc1ccc3c(c1)OCO3)C(=O)C(F)(F)F)c1nnnn12. The molecule has 8 nitrogen and oxygen atoms in total. The standard InChI is InChI=1S/C21H16F3N5O3/c1-12-2-4-16-14(6-12)8-15(19-25-26-27-29(16)19)10-28(20(30)21(22,23)24)9-13-3-5-17-18(7-13)32-11-31-17/h2-8H,9-11H2,1H3. The number of hydrogen-bond donors (Lipinski definition) is 0. The predicted octanol–water partition coefficient (Wildman–Crippen LogP) is 3.41. The van der Waals surface area contributed by atoms with Gasteiger partial charge in [0.25, 0.3) is 0 Å². The smallest absolute Gasteiger partial charge is 0.454 e. The molecular formula is C21H16F3N5O3. The number of aromatic nitrogens is 4. The Labute approximate surface area is 179 Å². The summed E-state index contributed by atoms with van der Waals surface area (Å²) in [6.07, 6.45) is -5.04. The Morgan fingerprint density at radius 2 is 1.91 bits per heavy atom. The maximum Gasteiger partial charge on any atom is 0.471 e. The highest BCUT2D eigenvalue weighted by Crippen LogP contribution is 2.33. The number of halogens is 3. The van der Waals surface area contributed by atoms with E-state index in [0.717, 1.165) is 15.8 Å². The number of carbonyl (C=O) groups excluding carboxylic acids is 1. The summed E-state index contributed by atoms with van der Waals surface area (Å²) in [5, 5.41) is 12.3. The van der Waals surface area contributed by atoms with Crippen LogP contribution in [0, 0.1) is 6.92 Å². The Balaban J connectivity index is 1.55. The highest BCUT2D eigenvalue weighted by atomic mass is 19.4. The van der Waals surface area contributed by atoms with Gasteiger partial charge in [-0.25, -0.2) is 0 Å². The zero-order chi connectivity index (χ0) is 22.5. The Bertz CT molecular complexity index is 1350. The van der Waals surface area contributed by atoms with E-state index >= 15 is 0 Å². The number of pyridine rings is 1. The zero-order valence-electron chi connectivity index (χ0n) is 16.8. The second kappa shape index (κ2) is 7.36. The van der Waals surface area contributed by atoms with Gasteiger partial charge in [0.1, 0.15) is 0 Å². The molecule has 2 aromatic carbocycles. The molecule has 1 amide bonds. The Morgan fingerprint density at radius 1 is 1.09 bits per heavy atom. The molecule has 4 aromatic rings. The minimum atomic E-state index is -5.04. The van der Waals surface area contributed by atoms with Crippen molar-refractivity contribution in [3.8, 4) is 11.5 Å². The van der Waals surface area contributed by atoms with Crippen LogP contribution in [0.15, 0.2) is 42.5 Å². The molecule has 1 aliphatic heterocycles. The molecule has 2 aromatic heterocycles. The molecular weight excluding hydrogens is 427 g/mol. The number of tetrazole rings is 1. The molecule has 0 aliphatic carbocycles. The van der Waals surface area contributed by atoms with Gasteiger partial charge >= 0.3 is 12.1 Å². The summed E-state index contributed by atoms with van der Waals surface area (Å²) in [6, 6.07) is 12.1. The summed E-state index contributed by atoms with van der Waals surface area (Å²) < 4.78 is 52.2. The van der Waals surface area contributed by atoms with Gasteiger partial charge in [-0.3, -0.25) is 4.79 Å². The third-order valence-electron chi connectivity index (χ3n) is 5.20. The first-order valence-electron chi connectivity index (χ1n) is 9.64. The van der Waals surface area contributed by atoms with Gasteiger partial charge in [0.2, 0.25) is 6.79 Å². The average Bonchev–Trinajstić information content (AvgIpc) is 3.41. The third-order valence-corrected chi connectivity index (χ3v) is 5.20. The molecule has 32 heavy (non-hydrogen) atoms. The number of carbonyl (C=O) groups is 1. The summed E-state index contributed by atoms with van der Waals surface area (Å²) in [7, 11) is 0. The second-order valence-corrected chi connectivity index (χ2v) is 7.49. The fourth-order valence-electron chi connectivity index (χ4n) is 3.74. The van der Waals surface area contributed by atoms with Gasteiger partial charge in [-0.05, 0) is 53.2 Å². The van der Waals surface area contributed by atoms with Crippen molar-refractivity contribution >= 4 is 22.5 Å². The van der Waals surface area contributed by atoms with E-state index in [2.05, 4.69) is 15.5 Å². The molecule has 3 heterocycles. The summed E-state index contributed by atoms with van der Waals surface area (Å²) in [6.45, 7) is 1.33. The van der Waals surface area contributed by atoms with E-state index in [-0.39, 0.29) is 25.5 Å². The van der Waals surface area contributed by atoms with Crippen LogP contribution in [0.4, 0.5) is 13.2 Å². The molecule has 0 bridgehead atoms. The van der Waals surface area contributed by atoms with Gasteiger partial charge < -0.3 is 14.4 Å². The number of benzene rings is 2. The highest BCUT2D eigenvalue weighted by molar-refractivity contribution is 5.85. The lowest BCUT2D eigenvalue weighted by Crippen LogP contribution is -2.40. The monoisotopic (exact) mass is 443 g/mol. The van der Waals surface area contributed by atoms with Gasteiger partial charge in [-0.2, -0.15) is 17.7 Å². The van der Waals surface area contributed by atoms with E-state index in [1.54, 1.807) is 24.3 Å². The van der Waals surface area contributed by atoms with Crippen molar-refractivity contribution in [3.63, 3.8) is 0 Å². The van der Waals surface area contributed by atoms with Gasteiger partial charge in [-0.15, -0.1) is 5.10 Å². The average molecular weight is 443 g/mol. The number of alkyl halides is 3. The number of amides is 1. The minimum absolute atomic E-state index is 0.0400. The number of fused-ring (bicyclic) bond motifs is 4. The fraction of sp³-hybridized carbons (Fsp3) is 0.238. The summed E-state index contributed by atoms with van der Waals surface area (Å²) in [5.74, 6) is -1.03. The largest absolute Gasteiger partial charge is 0.471 e.